The Labute approximate surface area is 211 Å². The fourth-order valence-corrected chi connectivity index (χ4v) is 9.49. The lowest BCUT2D eigenvalue weighted by Crippen LogP contribution is -2.53. The third-order valence-corrected chi connectivity index (χ3v) is 11.0. The Morgan fingerprint density at radius 1 is 1.00 bits per heavy atom. The molecule has 35 heavy (non-hydrogen) atoms. The summed E-state index contributed by atoms with van der Waals surface area (Å²) in [7, 11) is -3.34. The van der Waals surface area contributed by atoms with Gasteiger partial charge in [0.25, 0.3) is 0 Å². The van der Waals surface area contributed by atoms with E-state index in [-0.39, 0.29) is 10.8 Å². The van der Waals surface area contributed by atoms with Crippen molar-refractivity contribution in [1.29, 1.82) is 0 Å². The third kappa shape index (κ3) is 5.97. The van der Waals surface area contributed by atoms with Crippen LogP contribution in [0.5, 0.6) is 0 Å². The van der Waals surface area contributed by atoms with Crippen LogP contribution in [0.4, 0.5) is 5.69 Å². The van der Waals surface area contributed by atoms with Gasteiger partial charge in [-0.3, -0.25) is 9.36 Å². The normalized spacial score (nSPS) is 28.7. The van der Waals surface area contributed by atoms with Crippen LogP contribution in [-0.2, 0) is 24.8 Å². The van der Waals surface area contributed by atoms with Gasteiger partial charge in [-0.15, -0.1) is 0 Å². The second kappa shape index (κ2) is 10.6. The molecule has 5 rings (SSSR count). The van der Waals surface area contributed by atoms with E-state index in [1.54, 1.807) is 0 Å². The van der Waals surface area contributed by atoms with Crippen molar-refractivity contribution in [3.63, 3.8) is 0 Å². The second-order valence-corrected chi connectivity index (χ2v) is 14.3. The molecule has 1 aromatic carbocycles. The van der Waals surface area contributed by atoms with E-state index in [1.807, 2.05) is 46.8 Å². The minimum Gasteiger partial charge on any atom is -0.371 e. The third-order valence-electron chi connectivity index (χ3n) is 8.23. The number of rotatable bonds is 11. The first kappa shape index (κ1) is 26.7. The number of benzene rings is 1. The van der Waals surface area contributed by atoms with E-state index in [2.05, 4.69) is 22.8 Å². The summed E-state index contributed by atoms with van der Waals surface area (Å²) in [6.45, 7) is 11.1. The molecule has 4 aliphatic rings. The molecule has 0 saturated heterocycles. The van der Waals surface area contributed by atoms with Gasteiger partial charge in [0.05, 0.1) is 13.2 Å². The standard InChI is InChI=1S/C28H45N2O4P/c1-6-33-35(32,34-7-2)26(27(3,4)5)30-24-10-8-20(9-11-24)12-13-29-25(31)28-17-21-14-22(18-28)16-23(15-21)19-28/h8-11,21-23,26,30H,6-7,12-19H2,1-5H3,(H,29,31). The van der Waals surface area contributed by atoms with Gasteiger partial charge in [0, 0.05) is 17.6 Å². The molecule has 7 heteroatoms. The molecule has 1 unspecified atom stereocenters. The van der Waals surface area contributed by atoms with Gasteiger partial charge in [0.15, 0.2) is 0 Å². The van der Waals surface area contributed by atoms with Gasteiger partial charge in [-0.25, -0.2) is 0 Å². The lowest BCUT2D eigenvalue weighted by Gasteiger charge is -2.55. The zero-order valence-corrected chi connectivity index (χ0v) is 23.2. The molecule has 4 aliphatic carbocycles. The first-order valence-corrected chi connectivity index (χ1v) is 15.2. The largest absolute Gasteiger partial charge is 0.371 e. The van der Waals surface area contributed by atoms with Gasteiger partial charge in [-0.2, -0.15) is 0 Å². The van der Waals surface area contributed by atoms with Crippen LogP contribution in [0, 0.1) is 28.6 Å². The highest BCUT2D eigenvalue weighted by atomic mass is 31.2. The number of amides is 1. The quantitative estimate of drug-likeness (QED) is 0.332. The van der Waals surface area contributed by atoms with Crippen LogP contribution in [0.15, 0.2) is 24.3 Å². The fourth-order valence-electron chi connectivity index (χ4n) is 7.14. The van der Waals surface area contributed by atoms with E-state index in [4.69, 9.17) is 9.05 Å². The molecule has 0 spiro atoms. The van der Waals surface area contributed by atoms with Gasteiger partial charge in [-0.05, 0) is 99.7 Å². The Bertz CT molecular complexity index is 879. The molecule has 4 fully saturated rings. The predicted molar refractivity (Wildman–Crippen MR) is 141 cm³/mol. The van der Waals surface area contributed by atoms with Gasteiger partial charge in [0.2, 0.25) is 5.91 Å². The fraction of sp³-hybridized carbons (Fsp3) is 0.750. The van der Waals surface area contributed by atoms with Crippen molar-refractivity contribution in [2.45, 2.75) is 85.3 Å². The summed E-state index contributed by atoms with van der Waals surface area (Å²) in [4.78, 5) is 13.2. The van der Waals surface area contributed by atoms with Gasteiger partial charge >= 0.3 is 7.60 Å². The Hall–Kier alpha value is -1.36. The summed E-state index contributed by atoms with van der Waals surface area (Å²) in [6, 6.07) is 8.17. The van der Waals surface area contributed by atoms with Crippen molar-refractivity contribution in [3.8, 4) is 0 Å². The molecule has 0 aromatic heterocycles. The number of carbonyl (C=O) groups is 1. The lowest BCUT2D eigenvalue weighted by molar-refractivity contribution is -0.146. The van der Waals surface area contributed by atoms with Crippen LogP contribution in [0.1, 0.15) is 78.7 Å². The molecular formula is C28H45N2O4P. The van der Waals surface area contributed by atoms with Gasteiger partial charge in [-0.1, -0.05) is 32.9 Å². The molecule has 1 atom stereocenters. The first-order valence-electron chi connectivity index (χ1n) is 13.6. The highest BCUT2D eigenvalue weighted by Gasteiger charge is 2.54. The maximum absolute atomic E-state index is 13.5. The van der Waals surface area contributed by atoms with E-state index in [1.165, 1.54) is 24.8 Å². The van der Waals surface area contributed by atoms with Crippen molar-refractivity contribution in [1.82, 2.24) is 5.32 Å². The van der Waals surface area contributed by atoms with Crippen molar-refractivity contribution in [3.05, 3.63) is 29.8 Å². The van der Waals surface area contributed by atoms with Crippen molar-refractivity contribution < 1.29 is 18.4 Å². The van der Waals surface area contributed by atoms with E-state index in [9.17, 15) is 9.36 Å². The van der Waals surface area contributed by atoms with Crippen LogP contribution < -0.4 is 10.6 Å². The van der Waals surface area contributed by atoms with Crippen molar-refractivity contribution in [2.24, 2.45) is 28.6 Å². The minimum atomic E-state index is -3.34. The van der Waals surface area contributed by atoms with E-state index >= 15 is 0 Å². The summed E-state index contributed by atoms with van der Waals surface area (Å²) in [5.41, 5.74) is 1.64. The Morgan fingerprint density at radius 3 is 1.97 bits per heavy atom. The molecule has 1 amide bonds. The lowest BCUT2D eigenvalue weighted by atomic mass is 9.49. The maximum atomic E-state index is 13.5. The molecule has 4 saturated carbocycles. The SMILES string of the molecule is CCOP(=O)(OCC)C(Nc1ccc(CCNC(=O)C23CC4CC(CC(C4)C2)C3)cc1)C(C)(C)C. The number of carbonyl (C=O) groups excluding carboxylic acids is 1. The summed E-state index contributed by atoms with van der Waals surface area (Å²) in [5, 5.41) is 6.70. The molecule has 0 aliphatic heterocycles. The number of hydrogen-bond donors (Lipinski definition) is 2. The van der Waals surface area contributed by atoms with Crippen molar-refractivity contribution in [2.75, 3.05) is 25.1 Å². The van der Waals surface area contributed by atoms with Crippen LogP contribution in [0.2, 0.25) is 0 Å². The molecule has 0 heterocycles. The summed E-state index contributed by atoms with van der Waals surface area (Å²) in [6.07, 6.45) is 8.18. The highest BCUT2D eigenvalue weighted by Crippen LogP contribution is 2.60. The zero-order valence-electron chi connectivity index (χ0n) is 22.3. The highest BCUT2D eigenvalue weighted by molar-refractivity contribution is 7.54. The molecular weight excluding hydrogens is 459 g/mol. The maximum Gasteiger partial charge on any atom is 0.353 e. The second-order valence-electron chi connectivity index (χ2n) is 12.2. The molecule has 196 valence electrons. The predicted octanol–water partition coefficient (Wildman–Crippen LogP) is 6.61. The average molecular weight is 505 g/mol. The summed E-state index contributed by atoms with van der Waals surface area (Å²) in [5.74, 6) is 2.17. The molecule has 4 bridgehead atoms. The van der Waals surface area contributed by atoms with Gasteiger partial charge in [0.1, 0.15) is 5.78 Å². The molecule has 6 nitrogen and oxygen atoms in total. The van der Waals surface area contributed by atoms with E-state index < -0.39 is 13.4 Å². The number of anilines is 1. The van der Waals surface area contributed by atoms with E-state index in [0.29, 0.717) is 25.7 Å². The summed E-state index contributed by atoms with van der Waals surface area (Å²) >= 11 is 0. The van der Waals surface area contributed by atoms with Crippen LogP contribution in [-0.4, -0.2) is 31.4 Å². The Balaban J connectivity index is 1.33. The average Bonchev–Trinajstić information content (AvgIpc) is 2.77. The van der Waals surface area contributed by atoms with Crippen LogP contribution >= 0.6 is 7.60 Å². The van der Waals surface area contributed by atoms with Crippen molar-refractivity contribution >= 4 is 19.2 Å². The first-order chi connectivity index (χ1) is 16.6. The van der Waals surface area contributed by atoms with Gasteiger partial charge < -0.3 is 19.7 Å². The molecule has 2 N–H and O–H groups in total. The summed E-state index contributed by atoms with van der Waals surface area (Å²) < 4.78 is 24.8. The Kier molecular flexibility index (Phi) is 8.05. The topological polar surface area (TPSA) is 76.7 Å². The van der Waals surface area contributed by atoms with Crippen LogP contribution in [0.25, 0.3) is 0 Å². The Morgan fingerprint density at radius 2 is 1.51 bits per heavy atom. The van der Waals surface area contributed by atoms with E-state index in [0.717, 1.165) is 49.1 Å². The van der Waals surface area contributed by atoms with Crippen LogP contribution in [0.3, 0.4) is 0 Å². The minimum absolute atomic E-state index is 0.0838. The molecule has 0 radical (unpaired) electrons. The number of hydrogen-bond acceptors (Lipinski definition) is 5. The molecule has 1 aromatic rings. The monoisotopic (exact) mass is 504 g/mol. The smallest absolute Gasteiger partial charge is 0.353 e. The number of nitrogens with one attached hydrogen (secondary N) is 2. The zero-order chi connectivity index (χ0) is 25.3.